The van der Waals surface area contributed by atoms with Crippen LogP contribution in [0.5, 0.6) is 11.5 Å². The molecule has 2 aromatic carbocycles. The van der Waals surface area contributed by atoms with Crippen molar-refractivity contribution in [1.29, 1.82) is 0 Å². The molecule has 2 unspecified atom stereocenters. The Kier molecular flexibility index (Phi) is 3.41. The Morgan fingerprint density at radius 3 is 2.18 bits per heavy atom. The smallest absolute Gasteiger partial charge is 0.176 e. The lowest BCUT2D eigenvalue weighted by Crippen LogP contribution is -2.33. The number of benzene rings is 2. The van der Waals surface area contributed by atoms with E-state index in [1.807, 2.05) is 6.07 Å². The summed E-state index contributed by atoms with van der Waals surface area (Å²) < 4.78 is 10.6. The summed E-state index contributed by atoms with van der Waals surface area (Å²) in [6.07, 6.45) is -0.895. The number of Topliss-reactive ketones (excluding diaryl/α,β-unsaturated/α-hetero) is 1. The number of ketones is 1. The molecule has 114 valence electrons. The zero-order valence-corrected chi connectivity index (χ0v) is 12.8. The lowest BCUT2D eigenvalue weighted by Gasteiger charge is -2.28. The van der Waals surface area contributed by atoms with E-state index in [0.717, 1.165) is 0 Å². The normalized spacial score (nSPS) is 23.3. The van der Waals surface area contributed by atoms with Gasteiger partial charge in [0.05, 0.1) is 25.7 Å². The molecule has 0 fully saturated rings. The summed E-state index contributed by atoms with van der Waals surface area (Å²) in [5.41, 5.74) is 0.861. The highest BCUT2D eigenvalue weighted by Crippen LogP contribution is 2.48. The summed E-state index contributed by atoms with van der Waals surface area (Å²) in [7, 11) is 3.12. The van der Waals surface area contributed by atoms with Crippen LogP contribution in [-0.4, -0.2) is 25.1 Å². The number of ether oxygens (including phenoxy) is 2. The van der Waals surface area contributed by atoms with Gasteiger partial charge in [0.25, 0.3) is 0 Å². The Balaban J connectivity index is 2.18. The second kappa shape index (κ2) is 5.14. The van der Waals surface area contributed by atoms with E-state index in [2.05, 4.69) is 0 Å². The minimum atomic E-state index is -1.05. The first-order valence-corrected chi connectivity index (χ1v) is 7.07. The maximum Gasteiger partial charge on any atom is 0.176 e. The Morgan fingerprint density at radius 2 is 1.64 bits per heavy atom. The third-order valence-corrected chi connectivity index (χ3v) is 4.47. The van der Waals surface area contributed by atoms with Crippen LogP contribution in [-0.2, 0) is 5.41 Å². The Bertz CT molecular complexity index is 715. The fraction of sp³-hybridized carbons (Fsp3) is 0.278. The van der Waals surface area contributed by atoms with Crippen molar-refractivity contribution in [1.82, 2.24) is 0 Å². The first kappa shape index (κ1) is 14.6. The Labute approximate surface area is 129 Å². The van der Waals surface area contributed by atoms with Gasteiger partial charge in [-0.3, -0.25) is 4.79 Å². The molecular formula is C18H18O4. The van der Waals surface area contributed by atoms with Crippen molar-refractivity contribution in [3.8, 4) is 11.5 Å². The van der Waals surface area contributed by atoms with Crippen LogP contribution in [0.15, 0.2) is 42.5 Å². The Morgan fingerprint density at radius 1 is 1.05 bits per heavy atom. The average Bonchev–Trinajstić information content (AvgIpc) is 2.77. The highest BCUT2D eigenvalue weighted by atomic mass is 16.5. The van der Waals surface area contributed by atoms with Crippen molar-refractivity contribution in [2.45, 2.75) is 18.4 Å². The van der Waals surface area contributed by atoms with Crippen molar-refractivity contribution < 1.29 is 19.4 Å². The van der Waals surface area contributed by atoms with Gasteiger partial charge in [0.1, 0.15) is 11.5 Å². The van der Waals surface area contributed by atoms with Crippen molar-refractivity contribution >= 4 is 5.78 Å². The number of hydrogen-bond acceptors (Lipinski definition) is 4. The zero-order chi connectivity index (χ0) is 15.9. The molecule has 0 bridgehead atoms. The highest BCUT2D eigenvalue weighted by Gasteiger charge is 2.50. The van der Waals surface area contributed by atoms with Crippen LogP contribution >= 0.6 is 0 Å². The van der Waals surface area contributed by atoms with Crippen LogP contribution in [0.1, 0.15) is 34.5 Å². The van der Waals surface area contributed by atoms with Crippen LogP contribution in [0.25, 0.3) is 0 Å². The fourth-order valence-corrected chi connectivity index (χ4v) is 3.05. The lowest BCUT2D eigenvalue weighted by atomic mass is 9.77. The molecule has 0 amide bonds. The second-order valence-corrected chi connectivity index (χ2v) is 5.62. The first-order valence-electron chi connectivity index (χ1n) is 7.07. The van der Waals surface area contributed by atoms with Gasteiger partial charge in [0, 0.05) is 11.6 Å². The van der Waals surface area contributed by atoms with E-state index >= 15 is 0 Å². The van der Waals surface area contributed by atoms with E-state index < -0.39 is 11.5 Å². The van der Waals surface area contributed by atoms with Crippen LogP contribution < -0.4 is 9.47 Å². The summed E-state index contributed by atoms with van der Waals surface area (Å²) in [5, 5.41) is 10.7. The number of aliphatic hydroxyl groups excluding tert-OH is 1. The van der Waals surface area contributed by atoms with Crippen LogP contribution in [0, 0.1) is 0 Å². The van der Waals surface area contributed by atoms with Gasteiger partial charge < -0.3 is 14.6 Å². The molecule has 22 heavy (non-hydrogen) atoms. The minimum absolute atomic E-state index is 0.0918. The lowest BCUT2D eigenvalue weighted by molar-refractivity contribution is 0.0683. The number of rotatable bonds is 3. The molecule has 1 N–H and O–H groups in total. The summed E-state index contributed by atoms with van der Waals surface area (Å²) in [4.78, 5) is 12.9. The minimum Gasteiger partial charge on any atom is -0.497 e. The number of aliphatic hydroxyl groups is 1. The maximum atomic E-state index is 12.9. The number of carbonyl (C=O) groups excluding carboxylic acids is 1. The second-order valence-electron chi connectivity index (χ2n) is 5.62. The molecule has 1 aliphatic rings. The first-order chi connectivity index (χ1) is 10.5. The molecule has 3 rings (SSSR count). The molecular weight excluding hydrogens is 280 g/mol. The summed E-state index contributed by atoms with van der Waals surface area (Å²) in [6.45, 7) is 1.76. The van der Waals surface area contributed by atoms with E-state index in [4.69, 9.17) is 9.47 Å². The highest BCUT2D eigenvalue weighted by molar-refractivity contribution is 6.09. The van der Waals surface area contributed by atoms with Gasteiger partial charge in [-0.1, -0.05) is 24.3 Å². The molecule has 2 aromatic rings. The van der Waals surface area contributed by atoms with Gasteiger partial charge in [0.15, 0.2) is 5.78 Å². The largest absolute Gasteiger partial charge is 0.497 e. The van der Waals surface area contributed by atoms with Crippen molar-refractivity contribution in [3.63, 3.8) is 0 Å². The van der Waals surface area contributed by atoms with Gasteiger partial charge in [0.2, 0.25) is 0 Å². The van der Waals surface area contributed by atoms with Gasteiger partial charge in [-0.2, -0.15) is 0 Å². The molecule has 4 heteroatoms. The van der Waals surface area contributed by atoms with Gasteiger partial charge in [-0.25, -0.2) is 0 Å². The predicted molar refractivity (Wildman–Crippen MR) is 82.6 cm³/mol. The molecule has 0 radical (unpaired) electrons. The summed E-state index contributed by atoms with van der Waals surface area (Å²) in [6, 6.07) is 12.5. The molecule has 0 saturated heterocycles. The molecule has 4 nitrogen and oxygen atoms in total. The van der Waals surface area contributed by atoms with E-state index in [-0.39, 0.29) is 5.78 Å². The van der Waals surface area contributed by atoms with Crippen LogP contribution in [0.2, 0.25) is 0 Å². The van der Waals surface area contributed by atoms with Crippen LogP contribution in [0.4, 0.5) is 0 Å². The number of fused-ring (bicyclic) bond motifs is 1. The molecule has 0 saturated carbocycles. The van der Waals surface area contributed by atoms with E-state index in [9.17, 15) is 9.90 Å². The fourth-order valence-electron chi connectivity index (χ4n) is 3.05. The van der Waals surface area contributed by atoms with Crippen molar-refractivity contribution in [2.24, 2.45) is 0 Å². The van der Waals surface area contributed by atoms with E-state index in [0.29, 0.717) is 28.2 Å². The van der Waals surface area contributed by atoms with Crippen LogP contribution in [0.3, 0.4) is 0 Å². The van der Waals surface area contributed by atoms with Crippen molar-refractivity contribution in [2.75, 3.05) is 14.2 Å². The molecule has 0 aliphatic heterocycles. The predicted octanol–water partition coefficient (Wildman–Crippen LogP) is 2.89. The monoisotopic (exact) mass is 298 g/mol. The molecule has 2 atom stereocenters. The average molecular weight is 298 g/mol. The standard InChI is InChI=1S/C18H18O4/c1-18(11-8-12(21-2)10-13(9-11)22-3)16(19)14-6-4-5-7-15(14)17(18)20/h4-10,16,19H,1-3H3. The van der Waals surface area contributed by atoms with E-state index in [1.165, 1.54) is 0 Å². The van der Waals surface area contributed by atoms with Gasteiger partial charge in [-0.15, -0.1) is 0 Å². The molecule has 0 heterocycles. The molecule has 0 aromatic heterocycles. The zero-order valence-electron chi connectivity index (χ0n) is 12.8. The Hall–Kier alpha value is -2.33. The van der Waals surface area contributed by atoms with Crippen molar-refractivity contribution in [3.05, 3.63) is 59.2 Å². The summed E-state index contributed by atoms with van der Waals surface area (Å²) >= 11 is 0. The van der Waals surface area contributed by atoms with Gasteiger partial charge >= 0.3 is 0 Å². The summed E-state index contributed by atoms with van der Waals surface area (Å²) in [5.74, 6) is 1.09. The molecule has 1 aliphatic carbocycles. The number of carbonyl (C=O) groups is 1. The number of methoxy groups -OCH3 is 2. The SMILES string of the molecule is COc1cc(OC)cc(C2(C)C(=O)c3ccccc3C2O)c1. The quantitative estimate of drug-likeness (QED) is 0.946. The number of hydrogen-bond donors (Lipinski definition) is 1. The van der Waals surface area contributed by atoms with E-state index in [1.54, 1.807) is 57.5 Å². The third kappa shape index (κ3) is 1.91. The molecule has 0 spiro atoms. The maximum absolute atomic E-state index is 12.9. The third-order valence-electron chi connectivity index (χ3n) is 4.47. The van der Waals surface area contributed by atoms with Gasteiger partial charge in [-0.05, 0) is 30.2 Å². The topological polar surface area (TPSA) is 55.8 Å².